The summed E-state index contributed by atoms with van der Waals surface area (Å²) >= 11 is 0. The van der Waals surface area contributed by atoms with E-state index >= 15 is 0 Å². The van der Waals surface area contributed by atoms with E-state index in [4.69, 9.17) is 4.42 Å². The molecule has 0 amide bonds. The number of aromatic amines is 1. The molecule has 0 unspecified atom stereocenters. The van der Waals surface area contributed by atoms with Crippen molar-refractivity contribution < 1.29 is 9.21 Å². The van der Waals surface area contributed by atoms with Crippen LogP contribution >= 0.6 is 0 Å². The van der Waals surface area contributed by atoms with E-state index in [1.807, 2.05) is 60.7 Å². The maximum absolute atomic E-state index is 12.9. The molecule has 1 N–H and O–H groups in total. The second-order valence-corrected chi connectivity index (χ2v) is 5.51. The Morgan fingerprint density at radius 3 is 2.61 bits per heavy atom. The van der Waals surface area contributed by atoms with Gasteiger partial charge in [-0.3, -0.25) is 4.79 Å². The zero-order valence-electron chi connectivity index (χ0n) is 12.5. The van der Waals surface area contributed by atoms with Gasteiger partial charge >= 0.3 is 0 Å². The zero-order chi connectivity index (χ0) is 15.6. The number of hydrogen-bond donors (Lipinski definition) is 1. The third-order valence-electron chi connectivity index (χ3n) is 4.02. The average molecular weight is 301 g/mol. The van der Waals surface area contributed by atoms with Gasteiger partial charge in [-0.15, -0.1) is 0 Å². The molecule has 2 aromatic carbocycles. The lowest BCUT2D eigenvalue weighted by Gasteiger charge is -2.02. The Kier molecular flexibility index (Phi) is 3.31. The van der Waals surface area contributed by atoms with Gasteiger partial charge in [-0.25, -0.2) is 0 Å². The van der Waals surface area contributed by atoms with Crippen LogP contribution in [0.4, 0.5) is 0 Å². The normalized spacial score (nSPS) is 11.0. The van der Waals surface area contributed by atoms with Crippen molar-refractivity contribution in [2.75, 3.05) is 0 Å². The Morgan fingerprint density at radius 1 is 0.957 bits per heavy atom. The molecule has 4 aromatic rings. The van der Waals surface area contributed by atoms with E-state index in [0.29, 0.717) is 17.7 Å². The predicted octanol–water partition coefficient (Wildman–Crippen LogP) is 4.58. The molecule has 23 heavy (non-hydrogen) atoms. The fourth-order valence-corrected chi connectivity index (χ4v) is 2.87. The summed E-state index contributed by atoms with van der Waals surface area (Å²) < 4.78 is 5.51. The van der Waals surface area contributed by atoms with Gasteiger partial charge in [0.1, 0.15) is 0 Å². The number of H-pyrrole nitrogens is 1. The fourth-order valence-electron chi connectivity index (χ4n) is 2.87. The molecule has 0 aliphatic rings. The minimum absolute atomic E-state index is 0.0848. The van der Waals surface area contributed by atoms with E-state index in [1.54, 1.807) is 12.5 Å². The molecule has 3 nitrogen and oxygen atoms in total. The SMILES string of the molecule is O=C(c1occc1Cc1ccccc1)c1c[nH]c2ccccc12. The summed E-state index contributed by atoms with van der Waals surface area (Å²) in [5, 5.41) is 0.916. The highest BCUT2D eigenvalue weighted by atomic mass is 16.3. The lowest BCUT2D eigenvalue weighted by Crippen LogP contribution is -2.03. The maximum atomic E-state index is 12.9. The number of para-hydroxylation sites is 1. The van der Waals surface area contributed by atoms with E-state index in [0.717, 1.165) is 22.0 Å². The Balaban J connectivity index is 1.71. The molecular formula is C20H15NO2. The minimum Gasteiger partial charge on any atom is -0.461 e. The molecule has 4 rings (SSSR count). The zero-order valence-corrected chi connectivity index (χ0v) is 12.5. The highest BCUT2D eigenvalue weighted by molar-refractivity contribution is 6.15. The van der Waals surface area contributed by atoms with Gasteiger partial charge in [0.25, 0.3) is 0 Å². The largest absolute Gasteiger partial charge is 0.461 e. The lowest BCUT2D eigenvalue weighted by molar-refractivity contribution is 0.101. The molecule has 0 bridgehead atoms. The van der Waals surface area contributed by atoms with E-state index in [2.05, 4.69) is 4.98 Å². The first kappa shape index (κ1) is 13.6. The van der Waals surface area contributed by atoms with Gasteiger partial charge in [-0.05, 0) is 17.7 Å². The topological polar surface area (TPSA) is 46.0 Å². The summed E-state index contributed by atoms with van der Waals surface area (Å²) in [6, 6.07) is 19.7. The number of carbonyl (C=O) groups is 1. The average Bonchev–Trinajstić information content (AvgIpc) is 3.22. The highest BCUT2D eigenvalue weighted by Crippen LogP contribution is 2.24. The quantitative estimate of drug-likeness (QED) is 0.561. The summed E-state index contributed by atoms with van der Waals surface area (Å²) in [6.07, 6.45) is 4.02. The Hall–Kier alpha value is -3.07. The first-order valence-corrected chi connectivity index (χ1v) is 7.54. The van der Waals surface area contributed by atoms with Gasteiger partial charge < -0.3 is 9.40 Å². The molecule has 0 aliphatic carbocycles. The number of rotatable bonds is 4. The molecule has 0 spiro atoms. The molecule has 0 fully saturated rings. The highest BCUT2D eigenvalue weighted by Gasteiger charge is 2.20. The van der Waals surface area contributed by atoms with Crippen LogP contribution in [0, 0.1) is 0 Å². The van der Waals surface area contributed by atoms with Crippen molar-refractivity contribution in [1.82, 2.24) is 4.98 Å². The first-order chi connectivity index (χ1) is 11.3. The van der Waals surface area contributed by atoms with Crippen molar-refractivity contribution in [3.05, 3.63) is 95.6 Å². The summed E-state index contributed by atoms with van der Waals surface area (Å²) in [7, 11) is 0. The second-order valence-electron chi connectivity index (χ2n) is 5.51. The van der Waals surface area contributed by atoms with Crippen LogP contribution in [0.5, 0.6) is 0 Å². The van der Waals surface area contributed by atoms with Gasteiger partial charge in [0.05, 0.1) is 11.8 Å². The third-order valence-corrected chi connectivity index (χ3v) is 4.02. The fraction of sp³-hybridized carbons (Fsp3) is 0.0500. The number of hydrogen-bond acceptors (Lipinski definition) is 2. The molecule has 0 saturated heterocycles. The Labute approximate surface area is 133 Å². The number of carbonyl (C=O) groups excluding carboxylic acids is 1. The number of furan rings is 1. The molecule has 2 aromatic heterocycles. The van der Waals surface area contributed by atoms with Crippen LogP contribution in [0.1, 0.15) is 27.2 Å². The standard InChI is InChI=1S/C20H15NO2/c22-19(17-13-21-18-9-5-4-8-16(17)18)20-15(10-11-23-20)12-14-6-2-1-3-7-14/h1-11,13,21H,12H2. The van der Waals surface area contributed by atoms with Crippen molar-refractivity contribution in [2.45, 2.75) is 6.42 Å². The van der Waals surface area contributed by atoms with Crippen LogP contribution in [0.2, 0.25) is 0 Å². The monoisotopic (exact) mass is 301 g/mol. The minimum atomic E-state index is -0.0848. The van der Waals surface area contributed by atoms with Crippen LogP contribution in [0.3, 0.4) is 0 Å². The molecule has 112 valence electrons. The van der Waals surface area contributed by atoms with Gasteiger partial charge in [-0.2, -0.15) is 0 Å². The smallest absolute Gasteiger partial charge is 0.230 e. The molecule has 2 heterocycles. The van der Waals surface area contributed by atoms with Gasteiger partial charge in [-0.1, -0.05) is 48.5 Å². The number of benzene rings is 2. The molecule has 0 saturated carbocycles. The van der Waals surface area contributed by atoms with Crippen molar-refractivity contribution in [3.8, 4) is 0 Å². The number of ketones is 1. The molecule has 0 radical (unpaired) electrons. The number of fused-ring (bicyclic) bond motifs is 1. The summed E-state index contributed by atoms with van der Waals surface area (Å²) in [4.78, 5) is 16.0. The first-order valence-electron chi connectivity index (χ1n) is 7.54. The van der Waals surface area contributed by atoms with Gasteiger partial charge in [0.2, 0.25) is 5.78 Å². The Morgan fingerprint density at radius 2 is 1.74 bits per heavy atom. The number of nitrogens with one attached hydrogen (secondary N) is 1. The van der Waals surface area contributed by atoms with E-state index in [9.17, 15) is 4.79 Å². The molecule has 3 heteroatoms. The molecule has 0 aliphatic heterocycles. The van der Waals surface area contributed by atoms with Gasteiger partial charge in [0, 0.05) is 29.1 Å². The van der Waals surface area contributed by atoms with Crippen LogP contribution in [0.15, 0.2) is 77.5 Å². The maximum Gasteiger partial charge on any atom is 0.230 e. The van der Waals surface area contributed by atoms with Crippen LogP contribution in [-0.4, -0.2) is 10.8 Å². The van der Waals surface area contributed by atoms with E-state index in [-0.39, 0.29) is 5.78 Å². The third kappa shape index (κ3) is 2.46. The van der Waals surface area contributed by atoms with E-state index < -0.39 is 0 Å². The summed E-state index contributed by atoms with van der Waals surface area (Å²) in [5.41, 5.74) is 3.66. The molecular weight excluding hydrogens is 286 g/mol. The van der Waals surface area contributed by atoms with Gasteiger partial charge in [0.15, 0.2) is 5.76 Å². The summed E-state index contributed by atoms with van der Waals surface area (Å²) in [5.74, 6) is 0.331. The van der Waals surface area contributed by atoms with Crippen molar-refractivity contribution in [1.29, 1.82) is 0 Å². The Bertz CT molecular complexity index is 963. The summed E-state index contributed by atoms with van der Waals surface area (Å²) in [6.45, 7) is 0. The van der Waals surface area contributed by atoms with Crippen LogP contribution < -0.4 is 0 Å². The molecule has 0 atom stereocenters. The van der Waals surface area contributed by atoms with Crippen molar-refractivity contribution in [3.63, 3.8) is 0 Å². The number of aromatic nitrogens is 1. The van der Waals surface area contributed by atoms with Crippen LogP contribution in [-0.2, 0) is 6.42 Å². The van der Waals surface area contributed by atoms with Crippen LogP contribution in [0.25, 0.3) is 10.9 Å². The second kappa shape index (κ2) is 5.61. The van der Waals surface area contributed by atoms with Crippen molar-refractivity contribution >= 4 is 16.7 Å². The van der Waals surface area contributed by atoms with E-state index in [1.165, 1.54) is 0 Å². The van der Waals surface area contributed by atoms with Crippen molar-refractivity contribution in [2.24, 2.45) is 0 Å². The lowest BCUT2D eigenvalue weighted by atomic mass is 10.0. The predicted molar refractivity (Wildman–Crippen MR) is 89.7 cm³/mol.